The number of methoxy groups -OCH3 is 1. The van der Waals surface area contributed by atoms with Crippen molar-refractivity contribution >= 4 is 60.7 Å². The highest BCUT2D eigenvalue weighted by Crippen LogP contribution is 2.35. The summed E-state index contributed by atoms with van der Waals surface area (Å²) < 4.78 is 7.30. The van der Waals surface area contributed by atoms with Crippen molar-refractivity contribution in [1.82, 2.24) is 4.98 Å². The highest BCUT2D eigenvalue weighted by atomic mass is 79.9. The van der Waals surface area contributed by atoms with E-state index in [0.717, 1.165) is 25.3 Å². The van der Waals surface area contributed by atoms with E-state index in [1.54, 1.807) is 36.6 Å². The third kappa shape index (κ3) is 3.76. The Kier molecular flexibility index (Phi) is 5.35. The van der Waals surface area contributed by atoms with Gasteiger partial charge in [-0.1, -0.05) is 39.7 Å². The number of para-hydroxylation sites is 1. The molecule has 140 valence electrons. The number of aromatic nitrogens is 1. The van der Waals surface area contributed by atoms with Crippen molar-refractivity contribution < 1.29 is 9.53 Å². The van der Waals surface area contributed by atoms with Gasteiger partial charge in [-0.2, -0.15) is 0 Å². The average molecular weight is 474 g/mol. The number of anilines is 1. The van der Waals surface area contributed by atoms with Gasteiger partial charge in [0.15, 0.2) is 0 Å². The standard InChI is InChI=1S/C21H14BrClN2O2S/c1-27-18-9-6-12(21-25-16-4-2-3-5-19(16)28-21)10-17(18)24-20(26)14-11-13(22)7-8-15(14)23/h2-11H,1H3,(H,24,26). The van der Waals surface area contributed by atoms with Crippen LogP contribution in [0.1, 0.15) is 10.4 Å². The zero-order chi connectivity index (χ0) is 19.7. The SMILES string of the molecule is COc1ccc(-c2nc3ccccc3s2)cc1NC(=O)c1cc(Br)ccc1Cl. The number of amides is 1. The molecule has 4 rings (SSSR count). The summed E-state index contributed by atoms with van der Waals surface area (Å²) in [7, 11) is 1.56. The molecule has 0 aliphatic rings. The maximum Gasteiger partial charge on any atom is 0.257 e. The minimum Gasteiger partial charge on any atom is -0.495 e. The van der Waals surface area contributed by atoms with Gasteiger partial charge < -0.3 is 10.1 Å². The molecule has 0 aliphatic carbocycles. The first-order valence-electron chi connectivity index (χ1n) is 8.35. The van der Waals surface area contributed by atoms with Crippen LogP contribution in [0.15, 0.2) is 65.1 Å². The molecule has 0 fully saturated rings. The summed E-state index contributed by atoms with van der Waals surface area (Å²) in [6, 6.07) is 18.7. The predicted molar refractivity (Wildman–Crippen MR) is 119 cm³/mol. The third-order valence-corrected chi connectivity index (χ3v) is 6.07. The van der Waals surface area contributed by atoms with E-state index in [1.807, 2.05) is 42.5 Å². The fraction of sp³-hybridized carbons (Fsp3) is 0.0476. The first-order valence-corrected chi connectivity index (χ1v) is 10.3. The Morgan fingerprint density at radius 3 is 2.75 bits per heavy atom. The van der Waals surface area contributed by atoms with Crippen LogP contribution in [-0.4, -0.2) is 18.0 Å². The zero-order valence-corrected chi connectivity index (χ0v) is 17.9. The van der Waals surface area contributed by atoms with E-state index in [9.17, 15) is 4.79 Å². The van der Waals surface area contributed by atoms with Gasteiger partial charge in [0, 0.05) is 10.0 Å². The molecule has 0 saturated carbocycles. The number of rotatable bonds is 4. The van der Waals surface area contributed by atoms with Gasteiger partial charge in [-0.15, -0.1) is 11.3 Å². The van der Waals surface area contributed by atoms with Crippen molar-refractivity contribution in [2.75, 3.05) is 12.4 Å². The van der Waals surface area contributed by atoms with E-state index in [0.29, 0.717) is 22.0 Å². The largest absolute Gasteiger partial charge is 0.495 e. The summed E-state index contributed by atoms with van der Waals surface area (Å²) in [6.45, 7) is 0. The normalized spacial score (nSPS) is 10.8. The molecule has 0 saturated heterocycles. The Bertz CT molecular complexity index is 1160. The number of hydrogen-bond donors (Lipinski definition) is 1. The number of fused-ring (bicyclic) bond motifs is 1. The van der Waals surface area contributed by atoms with E-state index in [1.165, 1.54) is 0 Å². The number of hydrogen-bond acceptors (Lipinski definition) is 4. The fourth-order valence-electron chi connectivity index (χ4n) is 2.80. The molecule has 7 heteroatoms. The van der Waals surface area contributed by atoms with Gasteiger partial charge in [0.2, 0.25) is 0 Å². The number of ether oxygens (including phenoxy) is 1. The number of carbonyl (C=O) groups excluding carboxylic acids is 1. The Hall–Kier alpha value is -2.41. The van der Waals surface area contributed by atoms with Crippen LogP contribution in [-0.2, 0) is 0 Å². The molecule has 0 atom stereocenters. The molecule has 0 unspecified atom stereocenters. The molecule has 1 aromatic heterocycles. The minimum absolute atomic E-state index is 0.314. The molecule has 1 heterocycles. The quantitative estimate of drug-likeness (QED) is 0.361. The Morgan fingerprint density at radius 1 is 1.14 bits per heavy atom. The van der Waals surface area contributed by atoms with Crippen LogP contribution in [0.4, 0.5) is 5.69 Å². The molecule has 3 aromatic carbocycles. The van der Waals surface area contributed by atoms with Gasteiger partial charge in [-0.05, 0) is 48.5 Å². The monoisotopic (exact) mass is 472 g/mol. The van der Waals surface area contributed by atoms with E-state index in [-0.39, 0.29) is 5.91 Å². The van der Waals surface area contributed by atoms with Crippen molar-refractivity contribution in [3.05, 3.63) is 75.7 Å². The first kappa shape index (κ1) is 18.9. The van der Waals surface area contributed by atoms with Gasteiger partial charge in [0.1, 0.15) is 10.8 Å². The fourth-order valence-corrected chi connectivity index (χ4v) is 4.32. The van der Waals surface area contributed by atoms with Crippen molar-refractivity contribution in [1.29, 1.82) is 0 Å². The molecule has 0 aliphatic heterocycles. The van der Waals surface area contributed by atoms with Crippen LogP contribution >= 0.6 is 38.9 Å². The van der Waals surface area contributed by atoms with Crippen LogP contribution in [0.3, 0.4) is 0 Å². The smallest absolute Gasteiger partial charge is 0.257 e. The van der Waals surface area contributed by atoms with Crippen molar-refractivity contribution in [3.8, 4) is 16.3 Å². The van der Waals surface area contributed by atoms with Crippen molar-refractivity contribution in [2.24, 2.45) is 0 Å². The Balaban J connectivity index is 1.71. The van der Waals surface area contributed by atoms with E-state index < -0.39 is 0 Å². The number of halogens is 2. The van der Waals surface area contributed by atoms with Crippen LogP contribution in [0.5, 0.6) is 5.75 Å². The lowest BCUT2D eigenvalue weighted by Gasteiger charge is -2.12. The lowest BCUT2D eigenvalue weighted by molar-refractivity contribution is 0.102. The first-order chi connectivity index (χ1) is 13.5. The molecule has 0 radical (unpaired) electrons. The van der Waals surface area contributed by atoms with E-state index in [2.05, 4.69) is 26.2 Å². The molecule has 28 heavy (non-hydrogen) atoms. The van der Waals surface area contributed by atoms with Crippen molar-refractivity contribution in [2.45, 2.75) is 0 Å². The number of benzene rings is 3. The maximum atomic E-state index is 12.8. The molecular weight excluding hydrogens is 460 g/mol. The summed E-state index contributed by atoms with van der Waals surface area (Å²) in [6.07, 6.45) is 0. The second kappa shape index (κ2) is 7.91. The minimum atomic E-state index is -0.314. The number of carbonyl (C=O) groups is 1. The van der Waals surface area contributed by atoms with Crippen molar-refractivity contribution in [3.63, 3.8) is 0 Å². The number of thiazole rings is 1. The Labute approximate surface area is 179 Å². The molecular formula is C21H14BrClN2O2S. The van der Waals surface area contributed by atoms with Gasteiger partial charge in [-0.3, -0.25) is 4.79 Å². The van der Waals surface area contributed by atoms with Crippen LogP contribution in [0, 0.1) is 0 Å². The molecule has 0 spiro atoms. The summed E-state index contributed by atoms with van der Waals surface area (Å²) in [5.74, 6) is 0.246. The van der Waals surface area contributed by atoms with Gasteiger partial charge in [-0.25, -0.2) is 4.98 Å². The van der Waals surface area contributed by atoms with Crippen LogP contribution in [0.25, 0.3) is 20.8 Å². The summed E-state index contributed by atoms with van der Waals surface area (Å²) in [4.78, 5) is 17.4. The summed E-state index contributed by atoms with van der Waals surface area (Å²) in [5.41, 5.74) is 2.78. The van der Waals surface area contributed by atoms with E-state index >= 15 is 0 Å². The highest BCUT2D eigenvalue weighted by molar-refractivity contribution is 9.10. The molecule has 1 amide bonds. The number of nitrogens with one attached hydrogen (secondary N) is 1. The highest BCUT2D eigenvalue weighted by Gasteiger charge is 2.15. The maximum absolute atomic E-state index is 12.8. The second-order valence-electron chi connectivity index (χ2n) is 5.98. The molecule has 1 N–H and O–H groups in total. The molecule has 0 bridgehead atoms. The van der Waals surface area contributed by atoms with Crippen LogP contribution in [0.2, 0.25) is 5.02 Å². The zero-order valence-electron chi connectivity index (χ0n) is 14.7. The van der Waals surface area contributed by atoms with Crippen LogP contribution < -0.4 is 10.1 Å². The summed E-state index contributed by atoms with van der Waals surface area (Å²) >= 11 is 11.1. The Morgan fingerprint density at radius 2 is 1.96 bits per heavy atom. The van der Waals surface area contributed by atoms with Gasteiger partial charge >= 0.3 is 0 Å². The lowest BCUT2D eigenvalue weighted by Crippen LogP contribution is -2.13. The summed E-state index contributed by atoms with van der Waals surface area (Å²) in [5, 5.41) is 4.15. The topological polar surface area (TPSA) is 51.2 Å². The van der Waals surface area contributed by atoms with Gasteiger partial charge in [0.05, 0.1) is 33.6 Å². The van der Waals surface area contributed by atoms with Gasteiger partial charge in [0.25, 0.3) is 5.91 Å². The molecule has 4 aromatic rings. The molecule has 4 nitrogen and oxygen atoms in total. The second-order valence-corrected chi connectivity index (χ2v) is 8.33. The lowest BCUT2D eigenvalue weighted by atomic mass is 10.1. The third-order valence-electron chi connectivity index (χ3n) is 4.16. The number of nitrogens with zero attached hydrogens (tertiary/aromatic N) is 1. The van der Waals surface area contributed by atoms with E-state index in [4.69, 9.17) is 16.3 Å². The average Bonchev–Trinajstić information content (AvgIpc) is 3.14. The predicted octanol–water partition coefficient (Wildman–Crippen LogP) is 6.64.